The summed E-state index contributed by atoms with van der Waals surface area (Å²) in [5.41, 5.74) is 6.01. The molecule has 0 spiro atoms. The van der Waals surface area contributed by atoms with Gasteiger partial charge in [0.25, 0.3) is 5.91 Å². The molecule has 17 heavy (non-hydrogen) atoms. The van der Waals surface area contributed by atoms with Gasteiger partial charge >= 0.3 is 0 Å². The number of nitrogens with zero attached hydrogens (tertiary/aromatic N) is 3. The van der Waals surface area contributed by atoms with E-state index in [1.165, 1.54) is 12.4 Å². The van der Waals surface area contributed by atoms with Gasteiger partial charge in [0.2, 0.25) is 0 Å². The molecule has 2 heterocycles. The summed E-state index contributed by atoms with van der Waals surface area (Å²) in [4.78, 5) is 22.2. The van der Waals surface area contributed by atoms with Crippen LogP contribution in [0.2, 0.25) is 0 Å². The van der Waals surface area contributed by atoms with Gasteiger partial charge in [-0.1, -0.05) is 12.2 Å². The number of nitrogens with two attached hydrogens (primary N) is 1. The van der Waals surface area contributed by atoms with Crippen LogP contribution in [0.25, 0.3) is 0 Å². The van der Waals surface area contributed by atoms with Crippen molar-refractivity contribution >= 4 is 23.1 Å². The minimum atomic E-state index is -0.0981. The van der Waals surface area contributed by atoms with Crippen molar-refractivity contribution in [1.82, 2.24) is 14.9 Å². The van der Waals surface area contributed by atoms with Crippen LogP contribution in [0.4, 0.5) is 0 Å². The highest BCUT2D eigenvalue weighted by Crippen LogP contribution is 2.18. The Balaban J connectivity index is 2.07. The van der Waals surface area contributed by atoms with Gasteiger partial charge in [-0.05, 0) is 12.8 Å². The van der Waals surface area contributed by atoms with E-state index in [9.17, 15) is 4.79 Å². The fourth-order valence-electron chi connectivity index (χ4n) is 1.97. The van der Waals surface area contributed by atoms with Crippen LogP contribution in [0.15, 0.2) is 18.6 Å². The Kier molecular flexibility index (Phi) is 3.63. The van der Waals surface area contributed by atoms with Crippen LogP contribution in [0.5, 0.6) is 0 Å². The average Bonchev–Trinajstić information content (AvgIpc) is 2.39. The summed E-state index contributed by atoms with van der Waals surface area (Å²) in [6.07, 6.45) is 6.42. The number of hydrogen-bond acceptors (Lipinski definition) is 4. The van der Waals surface area contributed by atoms with Crippen LogP contribution < -0.4 is 5.73 Å². The van der Waals surface area contributed by atoms with E-state index in [0.29, 0.717) is 17.2 Å². The lowest BCUT2D eigenvalue weighted by Gasteiger charge is -2.31. The van der Waals surface area contributed by atoms with Gasteiger partial charge < -0.3 is 10.6 Å². The number of rotatable bonds is 2. The Morgan fingerprint density at radius 3 is 3.00 bits per heavy atom. The lowest BCUT2D eigenvalue weighted by molar-refractivity contribution is 0.0697. The van der Waals surface area contributed by atoms with Crippen LogP contribution in [0.1, 0.15) is 23.3 Å². The molecule has 0 radical (unpaired) electrons. The van der Waals surface area contributed by atoms with Crippen LogP contribution in [0, 0.1) is 5.92 Å². The van der Waals surface area contributed by atoms with Gasteiger partial charge in [-0.25, -0.2) is 4.98 Å². The molecule has 6 heteroatoms. The van der Waals surface area contributed by atoms with Gasteiger partial charge in [0.1, 0.15) is 5.69 Å². The molecule has 1 unspecified atom stereocenters. The summed E-state index contributed by atoms with van der Waals surface area (Å²) in [5, 5.41) is 0. The molecule has 1 aromatic rings. The van der Waals surface area contributed by atoms with Gasteiger partial charge in [-0.3, -0.25) is 9.78 Å². The van der Waals surface area contributed by atoms with Gasteiger partial charge in [-0.15, -0.1) is 0 Å². The average molecular weight is 250 g/mol. The first-order valence-electron chi connectivity index (χ1n) is 5.53. The molecule has 1 fully saturated rings. The van der Waals surface area contributed by atoms with Crippen LogP contribution in [-0.4, -0.2) is 38.9 Å². The largest absolute Gasteiger partial charge is 0.393 e. The van der Waals surface area contributed by atoms with Crippen molar-refractivity contribution in [3.63, 3.8) is 0 Å². The number of carbonyl (C=O) groups excluding carboxylic acids is 1. The standard InChI is InChI=1S/C11H14N4OS/c12-10(17)8-2-1-5-15(7-8)11(16)9-6-13-3-4-14-9/h3-4,6,8H,1-2,5,7H2,(H2,12,17). The Bertz CT molecular complexity index is 423. The highest BCUT2D eigenvalue weighted by Gasteiger charge is 2.26. The molecule has 0 bridgehead atoms. The Morgan fingerprint density at radius 2 is 2.35 bits per heavy atom. The van der Waals surface area contributed by atoms with Gasteiger partial charge in [0.15, 0.2) is 0 Å². The first-order valence-corrected chi connectivity index (χ1v) is 5.94. The SMILES string of the molecule is NC(=S)C1CCCN(C(=O)c2cnccn2)C1. The maximum Gasteiger partial charge on any atom is 0.274 e. The van der Waals surface area contributed by atoms with E-state index in [-0.39, 0.29) is 11.8 Å². The van der Waals surface area contributed by atoms with E-state index in [2.05, 4.69) is 9.97 Å². The van der Waals surface area contributed by atoms with Crippen molar-refractivity contribution in [2.75, 3.05) is 13.1 Å². The van der Waals surface area contributed by atoms with Crippen molar-refractivity contribution in [2.45, 2.75) is 12.8 Å². The first kappa shape index (κ1) is 11.9. The summed E-state index contributed by atoms with van der Waals surface area (Å²) in [6.45, 7) is 1.32. The first-order chi connectivity index (χ1) is 8.18. The zero-order valence-electron chi connectivity index (χ0n) is 9.37. The van der Waals surface area contributed by atoms with Crippen molar-refractivity contribution in [2.24, 2.45) is 11.7 Å². The molecule has 2 rings (SSSR count). The molecule has 0 aromatic carbocycles. The predicted octanol–water partition coefficient (Wildman–Crippen LogP) is 0.615. The lowest BCUT2D eigenvalue weighted by Crippen LogP contribution is -2.43. The van der Waals surface area contributed by atoms with Crippen molar-refractivity contribution in [3.8, 4) is 0 Å². The summed E-state index contributed by atoms with van der Waals surface area (Å²) in [5.74, 6) is 0.0263. The van der Waals surface area contributed by atoms with Crippen molar-refractivity contribution < 1.29 is 4.79 Å². The maximum absolute atomic E-state index is 12.1. The molecule has 1 aliphatic heterocycles. The zero-order chi connectivity index (χ0) is 12.3. The molecule has 1 amide bonds. The third-order valence-electron chi connectivity index (χ3n) is 2.89. The second-order valence-corrected chi connectivity index (χ2v) is 4.55. The molecule has 90 valence electrons. The Labute approximate surface area is 105 Å². The molecule has 5 nitrogen and oxygen atoms in total. The molecule has 0 saturated carbocycles. The monoisotopic (exact) mass is 250 g/mol. The van der Waals surface area contributed by atoms with E-state index in [1.54, 1.807) is 11.1 Å². The van der Waals surface area contributed by atoms with E-state index in [1.807, 2.05) is 0 Å². The molecular formula is C11H14N4OS. The molecule has 2 N–H and O–H groups in total. The topological polar surface area (TPSA) is 72.1 Å². The highest BCUT2D eigenvalue weighted by atomic mass is 32.1. The fraction of sp³-hybridized carbons (Fsp3) is 0.455. The van der Waals surface area contributed by atoms with Gasteiger partial charge in [0.05, 0.1) is 11.2 Å². The minimum absolute atomic E-state index is 0.0981. The normalized spacial score (nSPS) is 20.0. The van der Waals surface area contributed by atoms with Gasteiger partial charge in [0, 0.05) is 31.4 Å². The molecule has 1 aromatic heterocycles. The van der Waals surface area contributed by atoms with Crippen LogP contribution in [-0.2, 0) is 0 Å². The number of aromatic nitrogens is 2. The van der Waals surface area contributed by atoms with E-state index in [4.69, 9.17) is 18.0 Å². The third-order valence-corrected chi connectivity index (χ3v) is 3.23. The second-order valence-electron chi connectivity index (χ2n) is 4.08. The molecular weight excluding hydrogens is 236 g/mol. The fourth-order valence-corrected chi connectivity index (χ4v) is 2.16. The molecule has 1 saturated heterocycles. The zero-order valence-corrected chi connectivity index (χ0v) is 10.2. The summed E-state index contributed by atoms with van der Waals surface area (Å²) >= 11 is 4.98. The minimum Gasteiger partial charge on any atom is -0.393 e. The van der Waals surface area contributed by atoms with Crippen LogP contribution in [0.3, 0.4) is 0 Å². The Hall–Kier alpha value is -1.56. The van der Waals surface area contributed by atoms with E-state index < -0.39 is 0 Å². The van der Waals surface area contributed by atoms with Crippen molar-refractivity contribution in [1.29, 1.82) is 0 Å². The maximum atomic E-state index is 12.1. The van der Waals surface area contributed by atoms with Crippen molar-refractivity contribution in [3.05, 3.63) is 24.3 Å². The molecule has 1 atom stereocenters. The van der Waals surface area contributed by atoms with Gasteiger partial charge in [-0.2, -0.15) is 0 Å². The van der Waals surface area contributed by atoms with Crippen LogP contribution >= 0.6 is 12.2 Å². The molecule has 1 aliphatic rings. The number of amides is 1. The lowest BCUT2D eigenvalue weighted by atomic mass is 9.98. The number of thiocarbonyl (C=S) groups is 1. The predicted molar refractivity (Wildman–Crippen MR) is 67.4 cm³/mol. The summed E-state index contributed by atoms with van der Waals surface area (Å²) in [6, 6.07) is 0. The summed E-state index contributed by atoms with van der Waals surface area (Å²) in [7, 11) is 0. The smallest absolute Gasteiger partial charge is 0.274 e. The van der Waals surface area contributed by atoms with E-state index >= 15 is 0 Å². The number of piperidine rings is 1. The Morgan fingerprint density at radius 1 is 1.53 bits per heavy atom. The highest BCUT2D eigenvalue weighted by molar-refractivity contribution is 7.80. The van der Waals surface area contributed by atoms with E-state index in [0.717, 1.165) is 19.4 Å². The number of likely N-dealkylation sites (tertiary alicyclic amines) is 1. The molecule has 0 aliphatic carbocycles. The quantitative estimate of drug-likeness (QED) is 0.779. The summed E-state index contributed by atoms with van der Waals surface area (Å²) < 4.78 is 0. The second kappa shape index (κ2) is 5.18. The number of hydrogen-bond donors (Lipinski definition) is 1. The number of carbonyl (C=O) groups is 1. The third kappa shape index (κ3) is 2.76.